The summed E-state index contributed by atoms with van der Waals surface area (Å²) < 4.78 is 0. The molecule has 14 heavy (non-hydrogen) atoms. The van der Waals surface area contributed by atoms with Crippen molar-refractivity contribution in [2.75, 3.05) is 11.9 Å². The molecule has 1 amide bonds. The Hall–Kier alpha value is -1.31. The van der Waals surface area contributed by atoms with Crippen molar-refractivity contribution >= 4 is 11.6 Å². The van der Waals surface area contributed by atoms with Gasteiger partial charge >= 0.3 is 0 Å². The number of benzene rings is 1. The highest BCUT2D eigenvalue weighted by Crippen LogP contribution is 2.17. The first-order valence-corrected chi connectivity index (χ1v) is 4.89. The highest BCUT2D eigenvalue weighted by molar-refractivity contribution is 5.92. The Labute approximate surface area is 85.5 Å². The third kappa shape index (κ3) is 2.34. The smallest absolute Gasteiger partial charge is 0.226 e. The Morgan fingerprint density at radius 1 is 1.21 bits per heavy atom. The molecule has 0 saturated heterocycles. The van der Waals surface area contributed by atoms with Gasteiger partial charge in [-0.2, -0.15) is 0 Å². The van der Waals surface area contributed by atoms with Gasteiger partial charge in [-0.3, -0.25) is 4.79 Å². The van der Waals surface area contributed by atoms with Crippen molar-refractivity contribution in [1.82, 2.24) is 0 Å². The second-order valence-electron chi connectivity index (χ2n) is 3.65. The van der Waals surface area contributed by atoms with Crippen LogP contribution in [0.5, 0.6) is 0 Å². The molecule has 0 unspecified atom stereocenters. The first kappa shape index (κ1) is 10.8. The van der Waals surface area contributed by atoms with Gasteiger partial charge in [0, 0.05) is 19.2 Å². The Balaban J connectivity index is 3.00. The van der Waals surface area contributed by atoms with Crippen molar-refractivity contribution in [2.24, 2.45) is 0 Å². The highest BCUT2D eigenvalue weighted by atomic mass is 16.2. The van der Waals surface area contributed by atoms with Gasteiger partial charge in [0.1, 0.15) is 0 Å². The average Bonchev–Trinajstić information content (AvgIpc) is 2.14. The van der Waals surface area contributed by atoms with E-state index in [2.05, 4.69) is 6.07 Å². The van der Waals surface area contributed by atoms with E-state index in [-0.39, 0.29) is 5.91 Å². The summed E-state index contributed by atoms with van der Waals surface area (Å²) in [6.07, 6.45) is 0.545. The SMILES string of the molecule is CCC(=O)N(C)c1cc(C)cc(C)c1. The number of anilines is 1. The van der Waals surface area contributed by atoms with Crippen molar-refractivity contribution < 1.29 is 4.79 Å². The van der Waals surface area contributed by atoms with Gasteiger partial charge in [0.15, 0.2) is 0 Å². The maximum Gasteiger partial charge on any atom is 0.226 e. The van der Waals surface area contributed by atoms with E-state index in [0.29, 0.717) is 6.42 Å². The second-order valence-corrected chi connectivity index (χ2v) is 3.65. The second kappa shape index (κ2) is 4.27. The largest absolute Gasteiger partial charge is 0.315 e. The molecule has 76 valence electrons. The van der Waals surface area contributed by atoms with Gasteiger partial charge in [0.2, 0.25) is 5.91 Å². The van der Waals surface area contributed by atoms with E-state index in [0.717, 1.165) is 5.69 Å². The molecule has 0 radical (unpaired) electrons. The van der Waals surface area contributed by atoms with Crippen LogP contribution in [-0.2, 0) is 4.79 Å². The molecule has 0 fully saturated rings. The Morgan fingerprint density at radius 3 is 2.14 bits per heavy atom. The summed E-state index contributed by atoms with van der Waals surface area (Å²) in [5, 5.41) is 0. The maximum absolute atomic E-state index is 11.5. The van der Waals surface area contributed by atoms with Crippen LogP contribution in [0.2, 0.25) is 0 Å². The summed E-state index contributed by atoms with van der Waals surface area (Å²) in [7, 11) is 1.82. The minimum atomic E-state index is 0.148. The fourth-order valence-corrected chi connectivity index (χ4v) is 1.53. The van der Waals surface area contributed by atoms with Gasteiger partial charge in [-0.05, 0) is 37.1 Å². The number of amides is 1. The minimum absolute atomic E-state index is 0.148. The quantitative estimate of drug-likeness (QED) is 0.703. The molecule has 0 saturated carbocycles. The van der Waals surface area contributed by atoms with E-state index < -0.39 is 0 Å². The molecule has 0 bridgehead atoms. The average molecular weight is 191 g/mol. The Morgan fingerprint density at radius 2 is 1.71 bits per heavy atom. The molecule has 0 aliphatic heterocycles. The van der Waals surface area contributed by atoms with Gasteiger partial charge in [0.05, 0.1) is 0 Å². The standard InChI is InChI=1S/C12H17NO/c1-5-12(14)13(4)11-7-9(2)6-10(3)8-11/h6-8H,5H2,1-4H3. The predicted octanol–water partition coefficient (Wildman–Crippen LogP) is 2.68. The van der Waals surface area contributed by atoms with Gasteiger partial charge in [-0.15, -0.1) is 0 Å². The number of nitrogens with zero attached hydrogens (tertiary/aromatic N) is 1. The van der Waals surface area contributed by atoms with Crippen molar-refractivity contribution in [3.05, 3.63) is 29.3 Å². The van der Waals surface area contributed by atoms with Crippen LogP contribution in [0, 0.1) is 13.8 Å². The van der Waals surface area contributed by atoms with E-state index in [1.807, 2.05) is 40.0 Å². The fraction of sp³-hybridized carbons (Fsp3) is 0.417. The molecule has 0 N–H and O–H groups in total. The van der Waals surface area contributed by atoms with E-state index >= 15 is 0 Å². The molecule has 0 atom stereocenters. The molecule has 1 rings (SSSR count). The molecule has 0 heterocycles. The lowest BCUT2D eigenvalue weighted by atomic mass is 10.1. The van der Waals surface area contributed by atoms with Crippen LogP contribution in [0.1, 0.15) is 24.5 Å². The molecule has 0 aliphatic carbocycles. The molecule has 0 aliphatic rings. The van der Waals surface area contributed by atoms with Crippen LogP contribution in [0.4, 0.5) is 5.69 Å². The summed E-state index contributed by atoms with van der Waals surface area (Å²) in [6.45, 7) is 5.96. The topological polar surface area (TPSA) is 20.3 Å². The van der Waals surface area contributed by atoms with Crippen LogP contribution in [0.3, 0.4) is 0 Å². The van der Waals surface area contributed by atoms with Crippen LogP contribution in [0.25, 0.3) is 0 Å². The molecule has 1 aromatic carbocycles. The van der Waals surface area contributed by atoms with E-state index in [9.17, 15) is 4.79 Å². The number of aryl methyl sites for hydroxylation is 2. The minimum Gasteiger partial charge on any atom is -0.315 e. The monoisotopic (exact) mass is 191 g/mol. The van der Waals surface area contributed by atoms with Gasteiger partial charge < -0.3 is 4.90 Å². The molecule has 1 aromatic rings. The fourth-order valence-electron chi connectivity index (χ4n) is 1.53. The van der Waals surface area contributed by atoms with Gasteiger partial charge in [-0.1, -0.05) is 13.0 Å². The first-order valence-electron chi connectivity index (χ1n) is 4.89. The molecular formula is C12H17NO. The summed E-state index contributed by atoms with van der Waals surface area (Å²) in [6, 6.07) is 6.16. The maximum atomic E-state index is 11.5. The third-order valence-corrected chi connectivity index (χ3v) is 2.27. The Kier molecular flexibility index (Phi) is 3.28. The number of hydrogen-bond donors (Lipinski definition) is 0. The van der Waals surface area contributed by atoms with Crippen LogP contribution >= 0.6 is 0 Å². The number of carbonyl (C=O) groups excluding carboxylic acids is 1. The molecule has 0 spiro atoms. The van der Waals surface area contributed by atoms with Gasteiger partial charge in [0.25, 0.3) is 0 Å². The summed E-state index contributed by atoms with van der Waals surface area (Å²) in [4.78, 5) is 13.2. The van der Waals surface area contributed by atoms with E-state index in [1.54, 1.807) is 4.90 Å². The van der Waals surface area contributed by atoms with Crippen LogP contribution in [-0.4, -0.2) is 13.0 Å². The number of rotatable bonds is 2. The van der Waals surface area contributed by atoms with E-state index in [1.165, 1.54) is 11.1 Å². The number of hydrogen-bond acceptors (Lipinski definition) is 1. The lowest BCUT2D eigenvalue weighted by Gasteiger charge is -2.17. The predicted molar refractivity (Wildman–Crippen MR) is 59.6 cm³/mol. The van der Waals surface area contributed by atoms with Crippen molar-refractivity contribution in [2.45, 2.75) is 27.2 Å². The lowest BCUT2D eigenvalue weighted by Crippen LogP contribution is -2.25. The molecule has 0 aromatic heterocycles. The zero-order valence-electron chi connectivity index (χ0n) is 9.29. The van der Waals surface area contributed by atoms with Gasteiger partial charge in [-0.25, -0.2) is 0 Å². The van der Waals surface area contributed by atoms with Crippen molar-refractivity contribution in [3.8, 4) is 0 Å². The zero-order chi connectivity index (χ0) is 10.7. The Bertz CT molecular complexity index is 324. The highest BCUT2D eigenvalue weighted by Gasteiger charge is 2.08. The summed E-state index contributed by atoms with van der Waals surface area (Å²) >= 11 is 0. The normalized spacial score (nSPS) is 10.0. The van der Waals surface area contributed by atoms with Crippen LogP contribution < -0.4 is 4.90 Å². The third-order valence-electron chi connectivity index (χ3n) is 2.27. The summed E-state index contributed by atoms with van der Waals surface area (Å²) in [5.74, 6) is 0.148. The lowest BCUT2D eigenvalue weighted by molar-refractivity contribution is -0.118. The molecule has 2 nitrogen and oxygen atoms in total. The molecular weight excluding hydrogens is 174 g/mol. The summed E-state index contributed by atoms with van der Waals surface area (Å²) in [5.41, 5.74) is 3.36. The van der Waals surface area contributed by atoms with Crippen LogP contribution in [0.15, 0.2) is 18.2 Å². The number of carbonyl (C=O) groups is 1. The van der Waals surface area contributed by atoms with E-state index in [4.69, 9.17) is 0 Å². The first-order chi connectivity index (χ1) is 6.54. The van der Waals surface area contributed by atoms with Crippen molar-refractivity contribution in [3.63, 3.8) is 0 Å². The molecule has 2 heteroatoms. The van der Waals surface area contributed by atoms with Crippen molar-refractivity contribution in [1.29, 1.82) is 0 Å². The zero-order valence-corrected chi connectivity index (χ0v) is 9.29.